The molecule has 3 nitrogen and oxygen atoms in total. The summed E-state index contributed by atoms with van der Waals surface area (Å²) < 4.78 is 5.49. The van der Waals surface area contributed by atoms with Crippen molar-refractivity contribution in [3.8, 4) is 5.75 Å². The van der Waals surface area contributed by atoms with Gasteiger partial charge in [0.15, 0.2) is 0 Å². The van der Waals surface area contributed by atoms with Gasteiger partial charge in [0.2, 0.25) is 0 Å². The van der Waals surface area contributed by atoms with E-state index in [1.54, 1.807) is 7.11 Å². The lowest BCUT2D eigenvalue weighted by molar-refractivity contribution is 0.407. The first-order valence-electron chi connectivity index (χ1n) is 7.00. The summed E-state index contributed by atoms with van der Waals surface area (Å²) in [5.41, 5.74) is 11.1. The third-order valence-electron chi connectivity index (χ3n) is 3.90. The number of rotatable bonds is 3. The van der Waals surface area contributed by atoms with Crippen LogP contribution in [-0.4, -0.2) is 13.7 Å². The number of hydrogen-bond donors (Lipinski definition) is 1. The highest BCUT2D eigenvalue weighted by molar-refractivity contribution is 5.74. The first-order chi connectivity index (χ1) is 9.72. The van der Waals surface area contributed by atoms with Gasteiger partial charge in [0.1, 0.15) is 5.75 Å². The van der Waals surface area contributed by atoms with Crippen LogP contribution in [0.3, 0.4) is 0 Å². The van der Waals surface area contributed by atoms with Gasteiger partial charge in [-0.3, -0.25) is 0 Å². The van der Waals surface area contributed by atoms with Gasteiger partial charge in [-0.1, -0.05) is 24.3 Å². The summed E-state index contributed by atoms with van der Waals surface area (Å²) in [6, 6.07) is 14.6. The van der Waals surface area contributed by atoms with Crippen molar-refractivity contribution >= 4 is 11.4 Å². The van der Waals surface area contributed by atoms with E-state index in [1.165, 1.54) is 11.3 Å². The number of benzene rings is 2. The quantitative estimate of drug-likeness (QED) is 0.927. The minimum Gasteiger partial charge on any atom is -0.496 e. The Labute approximate surface area is 120 Å². The van der Waals surface area contributed by atoms with Gasteiger partial charge in [0, 0.05) is 29.5 Å². The van der Waals surface area contributed by atoms with Crippen LogP contribution in [0.2, 0.25) is 0 Å². The van der Waals surface area contributed by atoms with Gasteiger partial charge in [-0.15, -0.1) is 0 Å². The fourth-order valence-corrected chi connectivity index (χ4v) is 2.99. The first kappa shape index (κ1) is 13.0. The zero-order valence-electron chi connectivity index (χ0n) is 12.0. The minimum absolute atomic E-state index is 0.0612. The van der Waals surface area contributed by atoms with Crippen LogP contribution in [0.15, 0.2) is 42.5 Å². The van der Waals surface area contributed by atoms with Gasteiger partial charge in [-0.05, 0) is 37.1 Å². The molecule has 0 aliphatic carbocycles. The summed E-state index contributed by atoms with van der Waals surface area (Å²) in [4.78, 5) is 2.34. The molecule has 0 bridgehead atoms. The van der Waals surface area contributed by atoms with Crippen LogP contribution in [0.25, 0.3) is 0 Å². The Bertz CT molecular complexity index is 622. The molecule has 1 aliphatic rings. The van der Waals surface area contributed by atoms with Crippen molar-refractivity contribution < 1.29 is 4.74 Å². The van der Waals surface area contributed by atoms with Crippen molar-refractivity contribution in [3.63, 3.8) is 0 Å². The number of para-hydroxylation sites is 1. The largest absolute Gasteiger partial charge is 0.496 e. The minimum atomic E-state index is -0.0612. The molecule has 2 aromatic carbocycles. The Hall–Kier alpha value is -2.00. The summed E-state index contributed by atoms with van der Waals surface area (Å²) in [5, 5.41) is 0. The van der Waals surface area contributed by atoms with Crippen molar-refractivity contribution in [2.24, 2.45) is 5.73 Å². The van der Waals surface area contributed by atoms with Crippen molar-refractivity contribution in [2.45, 2.75) is 19.4 Å². The van der Waals surface area contributed by atoms with Crippen molar-refractivity contribution in [3.05, 3.63) is 53.6 Å². The molecule has 1 heterocycles. The average Bonchev–Trinajstić information content (AvgIpc) is 2.90. The molecule has 0 radical (unpaired) electrons. The molecule has 0 saturated heterocycles. The molecule has 104 valence electrons. The Morgan fingerprint density at radius 2 is 1.85 bits per heavy atom. The molecule has 1 atom stereocenters. The Kier molecular flexibility index (Phi) is 3.36. The molecule has 0 aromatic heterocycles. The van der Waals surface area contributed by atoms with Gasteiger partial charge < -0.3 is 15.4 Å². The molecule has 2 aromatic rings. The van der Waals surface area contributed by atoms with E-state index in [0.29, 0.717) is 0 Å². The highest BCUT2D eigenvalue weighted by Gasteiger charge is 2.24. The third kappa shape index (κ3) is 2.04. The molecular weight excluding hydrogens is 248 g/mol. The predicted molar refractivity (Wildman–Crippen MR) is 82.7 cm³/mol. The molecule has 0 saturated carbocycles. The van der Waals surface area contributed by atoms with E-state index in [4.69, 9.17) is 10.5 Å². The molecule has 20 heavy (non-hydrogen) atoms. The van der Waals surface area contributed by atoms with Crippen LogP contribution in [0, 0.1) is 0 Å². The monoisotopic (exact) mass is 268 g/mol. The number of hydrogen-bond acceptors (Lipinski definition) is 3. The first-order valence-corrected chi connectivity index (χ1v) is 7.00. The second-order valence-electron chi connectivity index (χ2n) is 5.21. The predicted octanol–water partition coefficient (Wildman–Crippen LogP) is 3.41. The highest BCUT2D eigenvalue weighted by atomic mass is 16.5. The molecule has 0 fully saturated rings. The number of methoxy groups -OCH3 is 1. The summed E-state index contributed by atoms with van der Waals surface area (Å²) in [5.74, 6) is 0.863. The number of nitrogens with zero attached hydrogens (tertiary/aromatic N) is 1. The normalized spacial score (nSPS) is 15.1. The van der Waals surface area contributed by atoms with Crippen LogP contribution in [0.1, 0.15) is 24.1 Å². The van der Waals surface area contributed by atoms with E-state index >= 15 is 0 Å². The maximum Gasteiger partial charge on any atom is 0.125 e. The van der Waals surface area contributed by atoms with Crippen LogP contribution < -0.4 is 15.4 Å². The Balaban J connectivity index is 2.12. The van der Waals surface area contributed by atoms with E-state index < -0.39 is 0 Å². The SMILES string of the molecule is COc1cccc(N2CCc3ccccc32)c1[C@H](C)N. The second kappa shape index (κ2) is 5.17. The molecule has 0 unspecified atom stereocenters. The molecule has 0 amide bonds. The third-order valence-corrected chi connectivity index (χ3v) is 3.90. The Morgan fingerprint density at radius 3 is 2.60 bits per heavy atom. The average molecular weight is 268 g/mol. The number of nitrogens with two attached hydrogens (primary N) is 1. The lowest BCUT2D eigenvalue weighted by Crippen LogP contribution is -2.18. The lowest BCUT2D eigenvalue weighted by atomic mass is 10.0. The molecule has 3 heteroatoms. The smallest absolute Gasteiger partial charge is 0.125 e. The number of fused-ring (bicyclic) bond motifs is 1. The van der Waals surface area contributed by atoms with Gasteiger partial charge in [-0.25, -0.2) is 0 Å². The van der Waals surface area contributed by atoms with Gasteiger partial charge in [0.05, 0.1) is 7.11 Å². The summed E-state index contributed by atoms with van der Waals surface area (Å²) in [7, 11) is 1.70. The van der Waals surface area contributed by atoms with Crippen molar-refractivity contribution in [1.82, 2.24) is 0 Å². The maximum absolute atomic E-state index is 6.17. The molecule has 3 rings (SSSR count). The van der Waals surface area contributed by atoms with Gasteiger partial charge >= 0.3 is 0 Å². The van der Waals surface area contributed by atoms with Crippen LogP contribution >= 0.6 is 0 Å². The van der Waals surface area contributed by atoms with E-state index in [1.807, 2.05) is 19.1 Å². The number of ether oxygens (including phenoxy) is 1. The zero-order chi connectivity index (χ0) is 14.1. The standard InChI is InChI=1S/C17H20N2O/c1-12(18)17-15(8-5-9-16(17)20-2)19-11-10-13-6-3-4-7-14(13)19/h3-9,12H,10-11,18H2,1-2H3/t12-/m0/s1. The molecular formula is C17H20N2O. The maximum atomic E-state index is 6.17. The second-order valence-corrected chi connectivity index (χ2v) is 5.21. The fraction of sp³-hybridized carbons (Fsp3) is 0.294. The molecule has 0 spiro atoms. The highest BCUT2D eigenvalue weighted by Crippen LogP contribution is 2.40. The summed E-state index contributed by atoms with van der Waals surface area (Å²) in [6.07, 6.45) is 1.08. The summed E-state index contributed by atoms with van der Waals surface area (Å²) in [6.45, 7) is 3.00. The fourth-order valence-electron chi connectivity index (χ4n) is 2.99. The van der Waals surface area contributed by atoms with Crippen LogP contribution in [0.4, 0.5) is 11.4 Å². The Morgan fingerprint density at radius 1 is 1.10 bits per heavy atom. The van der Waals surface area contributed by atoms with Crippen molar-refractivity contribution in [2.75, 3.05) is 18.6 Å². The van der Waals surface area contributed by atoms with E-state index in [9.17, 15) is 0 Å². The zero-order valence-corrected chi connectivity index (χ0v) is 12.0. The molecule has 1 aliphatic heterocycles. The van der Waals surface area contributed by atoms with E-state index in [2.05, 4.69) is 35.2 Å². The summed E-state index contributed by atoms with van der Waals surface area (Å²) >= 11 is 0. The topological polar surface area (TPSA) is 38.5 Å². The van der Waals surface area contributed by atoms with Gasteiger partial charge in [-0.2, -0.15) is 0 Å². The molecule has 2 N–H and O–H groups in total. The van der Waals surface area contributed by atoms with E-state index in [0.717, 1.165) is 30.0 Å². The van der Waals surface area contributed by atoms with Gasteiger partial charge in [0.25, 0.3) is 0 Å². The van der Waals surface area contributed by atoms with Crippen molar-refractivity contribution in [1.29, 1.82) is 0 Å². The lowest BCUT2D eigenvalue weighted by Gasteiger charge is -2.25. The van der Waals surface area contributed by atoms with Crippen LogP contribution in [-0.2, 0) is 6.42 Å². The van der Waals surface area contributed by atoms with Crippen LogP contribution in [0.5, 0.6) is 5.75 Å². The van der Waals surface area contributed by atoms with E-state index in [-0.39, 0.29) is 6.04 Å². The number of anilines is 2.